The summed E-state index contributed by atoms with van der Waals surface area (Å²) in [6.07, 6.45) is -3.07. The largest absolute Gasteiger partial charge is 0.434 e. The van der Waals surface area contributed by atoms with Crippen LogP contribution < -0.4 is 5.73 Å². The van der Waals surface area contributed by atoms with Crippen LogP contribution in [-0.4, -0.2) is 40.2 Å². The summed E-state index contributed by atoms with van der Waals surface area (Å²) in [5.74, 6) is -0.562. The summed E-state index contributed by atoms with van der Waals surface area (Å²) in [6.45, 7) is 1.16. The maximum atomic E-state index is 13.6. The van der Waals surface area contributed by atoms with Crippen molar-refractivity contribution in [2.24, 2.45) is 11.7 Å². The van der Waals surface area contributed by atoms with E-state index in [9.17, 15) is 18.0 Å². The molecule has 1 aromatic heterocycles. The quantitative estimate of drug-likeness (QED) is 0.901. The number of rotatable bonds is 3. The second-order valence-electron chi connectivity index (χ2n) is 5.93. The van der Waals surface area contributed by atoms with E-state index in [1.165, 1.54) is 29.2 Å². The van der Waals surface area contributed by atoms with Crippen LogP contribution in [0.5, 0.6) is 0 Å². The van der Waals surface area contributed by atoms with Gasteiger partial charge in [0.05, 0.1) is 17.4 Å². The third-order valence-corrected chi connectivity index (χ3v) is 4.50. The molecule has 25 heavy (non-hydrogen) atoms. The number of likely N-dealkylation sites (tertiary alicyclic amines) is 1. The van der Waals surface area contributed by atoms with Gasteiger partial charge in [-0.1, -0.05) is 11.6 Å². The van der Waals surface area contributed by atoms with Crippen LogP contribution in [0, 0.1) is 5.92 Å². The van der Waals surface area contributed by atoms with Gasteiger partial charge in [-0.3, -0.25) is 4.79 Å². The molecule has 3 rings (SSSR count). The van der Waals surface area contributed by atoms with Crippen LogP contribution in [0.3, 0.4) is 0 Å². The summed E-state index contributed by atoms with van der Waals surface area (Å²) in [4.78, 5) is 14.0. The summed E-state index contributed by atoms with van der Waals surface area (Å²) < 4.78 is 41.6. The summed E-state index contributed by atoms with van der Waals surface area (Å²) in [6, 6.07) is 5.76. The number of aromatic nitrogens is 2. The van der Waals surface area contributed by atoms with E-state index in [2.05, 4.69) is 5.10 Å². The Morgan fingerprint density at radius 2 is 2.00 bits per heavy atom. The van der Waals surface area contributed by atoms with Gasteiger partial charge in [0, 0.05) is 18.1 Å². The number of carbonyl (C=O) groups excluding carboxylic acids is 1. The maximum absolute atomic E-state index is 13.6. The predicted molar refractivity (Wildman–Crippen MR) is 86.6 cm³/mol. The lowest BCUT2D eigenvalue weighted by atomic mass is 10.1. The fourth-order valence-corrected chi connectivity index (χ4v) is 3.06. The smallest absolute Gasteiger partial charge is 0.338 e. The first-order chi connectivity index (χ1) is 11.8. The molecule has 1 atom stereocenters. The molecule has 0 spiro atoms. The average Bonchev–Trinajstić information content (AvgIpc) is 3.21. The van der Waals surface area contributed by atoms with Crippen LogP contribution in [-0.2, 0) is 6.18 Å². The number of hydrogen-bond donors (Lipinski definition) is 1. The molecular formula is C16H16ClF3N4O. The van der Waals surface area contributed by atoms with Crippen molar-refractivity contribution >= 4 is 17.5 Å². The molecular weight excluding hydrogens is 357 g/mol. The highest BCUT2D eigenvalue weighted by Gasteiger charge is 2.42. The SMILES string of the molecule is NCC1CCN(C(=O)c2cnn(-c3ccc(Cl)cc3)c2C(F)(F)F)C1. The minimum Gasteiger partial charge on any atom is -0.338 e. The van der Waals surface area contributed by atoms with Gasteiger partial charge in [0.2, 0.25) is 0 Å². The minimum atomic E-state index is -4.73. The van der Waals surface area contributed by atoms with E-state index in [-0.39, 0.29) is 11.6 Å². The predicted octanol–water partition coefficient (Wildman–Crippen LogP) is 2.97. The Morgan fingerprint density at radius 3 is 2.56 bits per heavy atom. The van der Waals surface area contributed by atoms with Crippen LogP contribution in [0.2, 0.25) is 5.02 Å². The number of amides is 1. The van der Waals surface area contributed by atoms with Crippen molar-refractivity contribution in [2.75, 3.05) is 19.6 Å². The molecule has 0 aliphatic carbocycles. The highest BCUT2D eigenvalue weighted by Crippen LogP contribution is 2.35. The first-order valence-corrected chi connectivity index (χ1v) is 8.09. The van der Waals surface area contributed by atoms with Gasteiger partial charge in [0.25, 0.3) is 5.91 Å². The number of hydrogen-bond acceptors (Lipinski definition) is 3. The average molecular weight is 373 g/mol. The van der Waals surface area contributed by atoms with Gasteiger partial charge in [-0.15, -0.1) is 0 Å². The van der Waals surface area contributed by atoms with Crippen molar-refractivity contribution in [2.45, 2.75) is 12.6 Å². The Labute approximate surface area is 147 Å². The third-order valence-electron chi connectivity index (χ3n) is 4.25. The van der Waals surface area contributed by atoms with E-state index in [1.54, 1.807) is 0 Å². The molecule has 134 valence electrons. The van der Waals surface area contributed by atoms with Crippen molar-refractivity contribution in [3.63, 3.8) is 0 Å². The van der Waals surface area contributed by atoms with Gasteiger partial charge in [-0.2, -0.15) is 18.3 Å². The van der Waals surface area contributed by atoms with Crippen molar-refractivity contribution < 1.29 is 18.0 Å². The van der Waals surface area contributed by atoms with E-state index < -0.39 is 23.3 Å². The molecule has 1 fully saturated rings. The van der Waals surface area contributed by atoms with Crippen LogP contribution in [0.15, 0.2) is 30.5 Å². The number of alkyl halides is 3. The number of nitrogens with two attached hydrogens (primary N) is 1. The van der Waals surface area contributed by atoms with Crippen LogP contribution in [0.1, 0.15) is 22.5 Å². The molecule has 0 radical (unpaired) electrons. The van der Waals surface area contributed by atoms with E-state index in [4.69, 9.17) is 17.3 Å². The molecule has 1 amide bonds. The van der Waals surface area contributed by atoms with Gasteiger partial charge in [0.15, 0.2) is 5.69 Å². The molecule has 2 N–H and O–H groups in total. The molecule has 0 saturated carbocycles. The fraction of sp³-hybridized carbons (Fsp3) is 0.375. The Bertz CT molecular complexity index is 773. The maximum Gasteiger partial charge on any atom is 0.434 e. The molecule has 2 aromatic rings. The van der Waals surface area contributed by atoms with Crippen LogP contribution in [0.25, 0.3) is 5.69 Å². The van der Waals surface area contributed by atoms with Crippen molar-refractivity contribution in [1.29, 1.82) is 0 Å². The third kappa shape index (κ3) is 3.50. The van der Waals surface area contributed by atoms with E-state index in [0.29, 0.717) is 31.1 Å². The summed E-state index contributed by atoms with van der Waals surface area (Å²) in [5.41, 5.74) is 4.21. The van der Waals surface area contributed by atoms with E-state index >= 15 is 0 Å². The van der Waals surface area contributed by atoms with Gasteiger partial charge >= 0.3 is 6.18 Å². The second kappa shape index (κ2) is 6.68. The Balaban J connectivity index is 2.00. The van der Waals surface area contributed by atoms with Crippen molar-refractivity contribution in [3.05, 3.63) is 46.7 Å². The highest BCUT2D eigenvalue weighted by atomic mass is 35.5. The fourth-order valence-electron chi connectivity index (χ4n) is 2.94. The topological polar surface area (TPSA) is 64.2 Å². The summed E-state index contributed by atoms with van der Waals surface area (Å²) >= 11 is 5.78. The van der Waals surface area contributed by atoms with Gasteiger partial charge in [-0.05, 0) is 43.1 Å². The molecule has 2 heterocycles. The van der Waals surface area contributed by atoms with Gasteiger partial charge in [0.1, 0.15) is 0 Å². The Morgan fingerprint density at radius 1 is 1.32 bits per heavy atom. The van der Waals surface area contributed by atoms with E-state index in [1.807, 2.05) is 0 Å². The minimum absolute atomic E-state index is 0.115. The van der Waals surface area contributed by atoms with Gasteiger partial charge in [-0.25, -0.2) is 4.68 Å². The lowest BCUT2D eigenvalue weighted by Crippen LogP contribution is -2.31. The number of halogens is 4. The molecule has 1 saturated heterocycles. The lowest BCUT2D eigenvalue weighted by Gasteiger charge is -2.18. The first kappa shape index (κ1) is 17.8. The second-order valence-corrected chi connectivity index (χ2v) is 6.37. The molecule has 1 aromatic carbocycles. The zero-order chi connectivity index (χ0) is 18.2. The summed E-state index contributed by atoms with van der Waals surface area (Å²) in [7, 11) is 0. The van der Waals surface area contributed by atoms with Crippen molar-refractivity contribution in [3.8, 4) is 5.69 Å². The highest BCUT2D eigenvalue weighted by molar-refractivity contribution is 6.30. The number of benzene rings is 1. The molecule has 1 aliphatic heterocycles. The lowest BCUT2D eigenvalue weighted by molar-refractivity contribution is -0.143. The first-order valence-electron chi connectivity index (χ1n) is 7.71. The van der Waals surface area contributed by atoms with E-state index in [0.717, 1.165) is 10.9 Å². The summed E-state index contributed by atoms with van der Waals surface area (Å²) in [5, 5.41) is 4.19. The van der Waals surface area contributed by atoms with Gasteiger partial charge < -0.3 is 10.6 Å². The molecule has 0 bridgehead atoms. The number of carbonyl (C=O) groups is 1. The zero-order valence-corrected chi connectivity index (χ0v) is 13.9. The number of nitrogens with zero attached hydrogens (tertiary/aromatic N) is 3. The Hall–Kier alpha value is -2.06. The molecule has 1 unspecified atom stereocenters. The monoisotopic (exact) mass is 372 g/mol. The molecule has 1 aliphatic rings. The Kier molecular flexibility index (Phi) is 4.75. The van der Waals surface area contributed by atoms with Crippen molar-refractivity contribution in [1.82, 2.24) is 14.7 Å². The normalized spacial score (nSPS) is 18.0. The van der Waals surface area contributed by atoms with Crippen LogP contribution in [0.4, 0.5) is 13.2 Å². The molecule has 5 nitrogen and oxygen atoms in total. The molecule has 9 heteroatoms. The zero-order valence-electron chi connectivity index (χ0n) is 13.1. The van der Waals surface area contributed by atoms with Crippen LogP contribution >= 0.6 is 11.6 Å². The standard InChI is InChI=1S/C16H16ClF3N4O/c17-11-1-3-12(4-2-11)24-14(16(18,19)20)13(8-22-24)15(25)23-6-5-10(7-21)9-23/h1-4,8,10H,5-7,9,21H2.